The van der Waals surface area contributed by atoms with Crippen LogP contribution in [0, 0.1) is 5.92 Å². The van der Waals surface area contributed by atoms with E-state index in [9.17, 15) is 13.2 Å². The first-order valence-electron chi connectivity index (χ1n) is 4.45. The summed E-state index contributed by atoms with van der Waals surface area (Å²) in [7, 11) is 0. The molecule has 78 valence electrons. The third-order valence-electron chi connectivity index (χ3n) is 2.37. The van der Waals surface area contributed by atoms with E-state index >= 15 is 0 Å². The van der Waals surface area contributed by atoms with Gasteiger partial charge in [0, 0.05) is 6.54 Å². The van der Waals surface area contributed by atoms with Gasteiger partial charge in [-0.3, -0.25) is 0 Å². The maximum Gasteiger partial charge on any atom is 0.415 e. The Balaban J connectivity index is 2.04. The normalized spacial score (nSPS) is 21.2. The highest BCUT2D eigenvalue weighted by Gasteiger charge is 2.37. The molecular weight excluding hydrogens is 183 g/mol. The summed E-state index contributed by atoms with van der Waals surface area (Å²) in [6.45, 7) is 0.202. The number of halogens is 3. The molecule has 1 atom stereocenters. The molecule has 1 aliphatic rings. The third-order valence-corrected chi connectivity index (χ3v) is 2.37. The Kier molecular flexibility index (Phi) is 3.55. The zero-order valence-corrected chi connectivity index (χ0v) is 7.27. The molecule has 0 aliphatic heterocycles. The van der Waals surface area contributed by atoms with Crippen LogP contribution < -0.4 is 5.32 Å². The highest BCUT2D eigenvalue weighted by atomic mass is 19.4. The summed E-state index contributed by atoms with van der Waals surface area (Å²) in [5, 5.41) is 11.2. The van der Waals surface area contributed by atoms with Gasteiger partial charge in [-0.1, -0.05) is 6.42 Å². The highest BCUT2D eigenvalue weighted by molar-refractivity contribution is 4.74. The van der Waals surface area contributed by atoms with Crippen molar-refractivity contribution in [1.29, 1.82) is 0 Å². The Labute approximate surface area is 75.1 Å². The number of nitrogens with one attached hydrogen (secondary N) is 1. The summed E-state index contributed by atoms with van der Waals surface area (Å²) in [5.74, 6) is 0.514. The van der Waals surface area contributed by atoms with Gasteiger partial charge in [0.1, 0.15) is 0 Å². The summed E-state index contributed by atoms with van der Waals surface area (Å²) in [6.07, 6.45) is -3.36. The van der Waals surface area contributed by atoms with Gasteiger partial charge in [-0.15, -0.1) is 0 Å². The Hall–Kier alpha value is -0.290. The maximum absolute atomic E-state index is 11.8. The van der Waals surface area contributed by atoms with E-state index < -0.39 is 12.3 Å². The molecule has 2 nitrogen and oxygen atoms in total. The molecule has 1 fully saturated rings. The molecule has 0 bridgehead atoms. The SMILES string of the molecule is OC(CNCC1CCC1)C(F)(F)F. The molecule has 1 unspecified atom stereocenters. The highest BCUT2D eigenvalue weighted by Crippen LogP contribution is 2.25. The van der Waals surface area contributed by atoms with Crippen LogP contribution in [0.25, 0.3) is 0 Å². The number of rotatable bonds is 4. The minimum Gasteiger partial charge on any atom is -0.382 e. The van der Waals surface area contributed by atoms with E-state index in [-0.39, 0.29) is 6.54 Å². The second kappa shape index (κ2) is 4.28. The van der Waals surface area contributed by atoms with E-state index in [1.807, 2.05) is 0 Å². The Morgan fingerprint density at radius 3 is 2.38 bits per heavy atom. The fraction of sp³-hybridized carbons (Fsp3) is 1.00. The molecule has 13 heavy (non-hydrogen) atoms. The minimum atomic E-state index is -4.49. The lowest BCUT2D eigenvalue weighted by Crippen LogP contribution is -2.40. The molecule has 0 aromatic carbocycles. The van der Waals surface area contributed by atoms with Crippen molar-refractivity contribution in [2.24, 2.45) is 5.92 Å². The van der Waals surface area contributed by atoms with Gasteiger partial charge >= 0.3 is 6.18 Å². The van der Waals surface area contributed by atoms with Crippen LogP contribution in [0.4, 0.5) is 13.2 Å². The number of aliphatic hydroxyl groups is 1. The predicted molar refractivity (Wildman–Crippen MR) is 42.3 cm³/mol. The average molecular weight is 197 g/mol. The van der Waals surface area contributed by atoms with Crippen molar-refractivity contribution in [1.82, 2.24) is 5.32 Å². The van der Waals surface area contributed by atoms with E-state index in [4.69, 9.17) is 5.11 Å². The van der Waals surface area contributed by atoms with E-state index in [0.29, 0.717) is 12.5 Å². The zero-order chi connectivity index (χ0) is 9.90. The van der Waals surface area contributed by atoms with Gasteiger partial charge in [-0.05, 0) is 25.3 Å². The van der Waals surface area contributed by atoms with Crippen LogP contribution in [0.2, 0.25) is 0 Å². The fourth-order valence-electron chi connectivity index (χ4n) is 1.24. The standard InChI is InChI=1S/C8H14F3NO/c9-8(10,11)7(13)5-12-4-6-2-1-3-6/h6-7,12-13H,1-5H2. The van der Waals surface area contributed by atoms with Gasteiger partial charge in [-0.2, -0.15) is 13.2 Å². The van der Waals surface area contributed by atoms with E-state index in [1.54, 1.807) is 0 Å². The van der Waals surface area contributed by atoms with Crippen LogP contribution in [-0.2, 0) is 0 Å². The maximum atomic E-state index is 11.8. The molecule has 0 heterocycles. The minimum absolute atomic E-state index is 0.389. The van der Waals surface area contributed by atoms with Crippen molar-refractivity contribution in [3.05, 3.63) is 0 Å². The number of hydrogen-bond donors (Lipinski definition) is 2. The van der Waals surface area contributed by atoms with Crippen LogP contribution in [0.3, 0.4) is 0 Å². The molecule has 5 heteroatoms. The van der Waals surface area contributed by atoms with Crippen molar-refractivity contribution in [2.45, 2.75) is 31.5 Å². The second-order valence-electron chi connectivity index (χ2n) is 3.51. The molecular formula is C8H14F3NO. The van der Waals surface area contributed by atoms with Crippen molar-refractivity contribution >= 4 is 0 Å². The van der Waals surface area contributed by atoms with Gasteiger partial charge < -0.3 is 10.4 Å². The van der Waals surface area contributed by atoms with Crippen LogP contribution in [0.5, 0.6) is 0 Å². The largest absolute Gasteiger partial charge is 0.415 e. The topological polar surface area (TPSA) is 32.3 Å². The van der Waals surface area contributed by atoms with Gasteiger partial charge in [0.15, 0.2) is 6.10 Å². The molecule has 0 aromatic rings. The van der Waals surface area contributed by atoms with Crippen molar-refractivity contribution < 1.29 is 18.3 Å². The van der Waals surface area contributed by atoms with Crippen LogP contribution >= 0.6 is 0 Å². The van der Waals surface area contributed by atoms with Crippen LogP contribution in [0.1, 0.15) is 19.3 Å². The van der Waals surface area contributed by atoms with E-state index in [2.05, 4.69) is 5.32 Å². The van der Waals surface area contributed by atoms with Gasteiger partial charge in [0.05, 0.1) is 0 Å². The summed E-state index contributed by atoms with van der Waals surface area (Å²) in [4.78, 5) is 0. The number of hydrogen-bond acceptors (Lipinski definition) is 2. The summed E-state index contributed by atoms with van der Waals surface area (Å²) >= 11 is 0. The van der Waals surface area contributed by atoms with Crippen LogP contribution in [-0.4, -0.2) is 30.5 Å². The molecule has 0 radical (unpaired) electrons. The number of alkyl halides is 3. The summed E-state index contributed by atoms with van der Waals surface area (Å²) in [5.41, 5.74) is 0. The smallest absolute Gasteiger partial charge is 0.382 e. The molecule has 0 spiro atoms. The first-order chi connectivity index (χ1) is 6.00. The molecule has 1 saturated carbocycles. The predicted octanol–water partition coefficient (Wildman–Crippen LogP) is 1.30. The summed E-state index contributed by atoms with van der Waals surface area (Å²) < 4.78 is 35.3. The molecule has 1 aliphatic carbocycles. The number of aliphatic hydroxyl groups excluding tert-OH is 1. The average Bonchev–Trinajstić information content (AvgIpc) is 1.91. The van der Waals surface area contributed by atoms with E-state index in [0.717, 1.165) is 12.8 Å². The quantitative estimate of drug-likeness (QED) is 0.712. The Morgan fingerprint density at radius 2 is 2.00 bits per heavy atom. The lowest BCUT2D eigenvalue weighted by atomic mass is 9.85. The monoisotopic (exact) mass is 197 g/mol. The van der Waals surface area contributed by atoms with Gasteiger partial charge in [0.2, 0.25) is 0 Å². The lowest BCUT2D eigenvalue weighted by Gasteiger charge is -2.26. The van der Waals surface area contributed by atoms with Crippen LogP contribution in [0.15, 0.2) is 0 Å². The molecule has 2 N–H and O–H groups in total. The first kappa shape index (κ1) is 10.8. The zero-order valence-electron chi connectivity index (χ0n) is 7.27. The van der Waals surface area contributed by atoms with Crippen molar-refractivity contribution in [3.63, 3.8) is 0 Å². The van der Waals surface area contributed by atoms with Crippen molar-refractivity contribution in [3.8, 4) is 0 Å². The first-order valence-corrected chi connectivity index (χ1v) is 4.45. The van der Waals surface area contributed by atoms with Gasteiger partial charge in [-0.25, -0.2) is 0 Å². The van der Waals surface area contributed by atoms with Crippen molar-refractivity contribution in [2.75, 3.05) is 13.1 Å². The van der Waals surface area contributed by atoms with Gasteiger partial charge in [0.25, 0.3) is 0 Å². The second-order valence-corrected chi connectivity index (χ2v) is 3.51. The Morgan fingerprint density at radius 1 is 1.38 bits per heavy atom. The molecule has 0 amide bonds. The molecule has 1 rings (SSSR count). The fourth-order valence-corrected chi connectivity index (χ4v) is 1.24. The molecule has 0 aromatic heterocycles. The lowest BCUT2D eigenvalue weighted by molar-refractivity contribution is -0.201. The molecule has 0 saturated heterocycles. The van der Waals surface area contributed by atoms with E-state index in [1.165, 1.54) is 6.42 Å². The summed E-state index contributed by atoms with van der Waals surface area (Å²) in [6, 6.07) is 0. The third kappa shape index (κ3) is 3.52. The Bertz CT molecular complexity index is 156.